The molecule has 29 heavy (non-hydrogen) atoms. The normalized spacial score (nSPS) is 10.6. The van der Waals surface area contributed by atoms with Crippen LogP contribution in [-0.2, 0) is 25.7 Å². The number of benzene rings is 1. The van der Waals surface area contributed by atoms with Gasteiger partial charge in [0.1, 0.15) is 11.5 Å². The van der Waals surface area contributed by atoms with Crippen molar-refractivity contribution in [1.29, 1.82) is 0 Å². The Morgan fingerprint density at radius 2 is 1.69 bits per heavy atom. The Morgan fingerprint density at radius 1 is 0.966 bits per heavy atom. The molecule has 0 fully saturated rings. The fraction of sp³-hybridized carbons (Fsp3) is 0.211. The number of hydrogen-bond acceptors (Lipinski definition) is 6. The summed E-state index contributed by atoms with van der Waals surface area (Å²) in [5.41, 5.74) is 2.58. The summed E-state index contributed by atoms with van der Waals surface area (Å²) in [7, 11) is 0. The van der Waals surface area contributed by atoms with E-state index in [1.54, 1.807) is 56.3 Å². The van der Waals surface area contributed by atoms with E-state index in [4.69, 9.17) is 4.42 Å². The minimum absolute atomic E-state index is 0.0158. The number of nitrogens with one attached hydrogen (secondary N) is 4. The van der Waals surface area contributed by atoms with Crippen molar-refractivity contribution in [1.82, 2.24) is 16.1 Å². The summed E-state index contributed by atoms with van der Waals surface area (Å²) in [5.74, 6) is -2.66. The molecule has 4 N–H and O–H groups in total. The Balaban J connectivity index is 1.78. The first-order valence-electron chi connectivity index (χ1n) is 8.72. The van der Waals surface area contributed by atoms with Gasteiger partial charge in [-0.05, 0) is 38.1 Å². The average Bonchev–Trinajstić information content (AvgIpc) is 3.14. The van der Waals surface area contributed by atoms with Crippen molar-refractivity contribution in [2.45, 2.75) is 26.4 Å². The Bertz CT molecular complexity index is 905. The molecule has 1 heterocycles. The summed E-state index contributed by atoms with van der Waals surface area (Å²) in [4.78, 5) is 46.6. The molecule has 0 aliphatic heterocycles. The first-order chi connectivity index (χ1) is 13.8. The second kappa shape index (κ2) is 10.4. The van der Waals surface area contributed by atoms with Gasteiger partial charge >= 0.3 is 23.6 Å². The molecular formula is C19H21N5O5. The highest BCUT2D eigenvalue weighted by Gasteiger charge is 2.14. The molecular weight excluding hydrogens is 378 g/mol. The number of hydrazone groups is 1. The van der Waals surface area contributed by atoms with E-state index in [-0.39, 0.29) is 18.3 Å². The summed E-state index contributed by atoms with van der Waals surface area (Å²) in [5, 5.41) is 10.9. The lowest BCUT2D eigenvalue weighted by Crippen LogP contribution is -2.41. The van der Waals surface area contributed by atoms with Crippen LogP contribution in [0.2, 0.25) is 0 Å². The van der Waals surface area contributed by atoms with Crippen molar-refractivity contribution in [3.05, 3.63) is 54.0 Å². The predicted octanol–water partition coefficient (Wildman–Crippen LogP) is 0.509. The van der Waals surface area contributed by atoms with Crippen LogP contribution < -0.4 is 21.4 Å². The van der Waals surface area contributed by atoms with Crippen molar-refractivity contribution in [3.63, 3.8) is 0 Å². The van der Waals surface area contributed by atoms with Crippen molar-refractivity contribution < 1.29 is 23.6 Å². The molecule has 0 radical (unpaired) electrons. The van der Waals surface area contributed by atoms with Crippen LogP contribution in [0.4, 0.5) is 5.69 Å². The number of amides is 4. The summed E-state index contributed by atoms with van der Waals surface area (Å²) >= 11 is 0. The molecule has 0 spiro atoms. The lowest BCUT2D eigenvalue weighted by molar-refractivity contribution is -0.139. The Hall–Kier alpha value is -3.95. The third-order valence-electron chi connectivity index (χ3n) is 3.33. The van der Waals surface area contributed by atoms with Gasteiger partial charge < -0.3 is 20.4 Å². The second-order valence-electron chi connectivity index (χ2n) is 6.13. The van der Waals surface area contributed by atoms with Gasteiger partial charge in [0.2, 0.25) is 0 Å². The zero-order valence-electron chi connectivity index (χ0n) is 15.9. The number of nitrogens with zero attached hydrogens (tertiary/aromatic N) is 1. The molecule has 1 aromatic heterocycles. The maximum absolute atomic E-state index is 11.8. The number of carbonyl (C=O) groups excluding carboxylic acids is 4. The zero-order valence-corrected chi connectivity index (χ0v) is 15.9. The van der Waals surface area contributed by atoms with E-state index in [2.05, 4.69) is 26.5 Å². The fourth-order valence-electron chi connectivity index (χ4n) is 2.05. The molecule has 10 nitrogen and oxygen atoms in total. The predicted molar refractivity (Wildman–Crippen MR) is 105 cm³/mol. The molecule has 2 aromatic rings. The van der Waals surface area contributed by atoms with Gasteiger partial charge in [-0.15, -0.1) is 0 Å². The lowest BCUT2D eigenvalue weighted by atomic mass is 10.3. The van der Waals surface area contributed by atoms with Crippen molar-refractivity contribution in [2.24, 2.45) is 5.10 Å². The van der Waals surface area contributed by atoms with Gasteiger partial charge in [0.25, 0.3) is 0 Å². The summed E-state index contributed by atoms with van der Waals surface area (Å²) in [6, 6.07) is 11.5. The van der Waals surface area contributed by atoms with Gasteiger partial charge in [0, 0.05) is 11.7 Å². The minimum Gasteiger partial charge on any atom is -0.458 e. The van der Waals surface area contributed by atoms with E-state index >= 15 is 0 Å². The molecule has 0 bridgehead atoms. The molecule has 0 saturated carbocycles. The molecule has 2 rings (SSSR count). The Labute approximate surface area is 166 Å². The van der Waals surface area contributed by atoms with Crippen LogP contribution in [0.15, 0.2) is 52.0 Å². The molecule has 152 valence electrons. The van der Waals surface area contributed by atoms with E-state index < -0.39 is 23.6 Å². The monoisotopic (exact) mass is 399 g/mol. The second-order valence-corrected chi connectivity index (χ2v) is 6.13. The van der Waals surface area contributed by atoms with Crippen LogP contribution in [0.3, 0.4) is 0 Å². The zero-order chi connectivity index (χ0) is 21.2. The number of anilines is 1. The molecule has 4 amide bonds. The maximum Gasteiger partial charge on any atom is 0.329 e. The van der Waals surface area contributed by atoms with Gasteiger partial charge in [-0.3, -0.25) is 19.2 Å². The quantitative estimate of drug-likeness (QED) is 0.318. The van der Waals surface area contributed by atoms with Crippen LogP contribution in [-0.4, -0.2) is 35.9 Å². The van der Waals surface area contributed by atoms with Crippen molar-refractivity contribution in [2.75, 3.05) is 5.32 Å². The van der Waals surface area contributed by atoms with E-state index in [0.29, 0.717) is 11.4 Å². The highest BCUT2D eigenvalue weighted by molar-refractivity contribution is 6.39. The lowest BCUT2D eigenvalue weighted by Gasteiger charge is -2.05. The van der Waals surface area contributed by atoms with Gasteiger partial charge in [-0.2, -0.15) is 5.10 Å². The summed E-state index contributed by atoms with van der Waals surface area (Å²) in [6.45, 7) is 3.43. The average molecular weight is 399 g/mol. The number of hydrogen-bond donors (Lipinski definition) is 4. The molecule has 0 saturated heterocycles. The number of carbonyl (C=O) groups is 4. The van der Waals surface area contributed by atoms with E-state index in [9.17, 15) is 19.2 Å². The highest BCUT2D eigenvalue weighted by atomic mass is 16.3. The van der Waals surface area contributed by atoms with E-state index in [0.717, 1.165) is 0 Å². The standard InChI is InChI=1S/C19H21N5O5/c1-12(2)22-18(27)19(28)24-21-11-15-9-8-14(29-15)10-20-16(25)17(26)23-13-6-4-3-5-7-13/h3-9,11-12H,10H2,1-2H3,(H,20,25)(H,22,27)(H,23,26)(H,24,28)/b21-11+. The minimum atomic E-state index is -0.904. The van der Waals surface area contributed by atoms with Crippen LogP contribution >= 0.6 is 0 Å². The van der Waals surface area contributed by atoms with Gasteiger partial charge in [-0.1, -0.05) is 18.2 Å². The highest BCUT2D eigenvalue weighted by Crippen LogP contribution is 2.06. The van der Waals surface area contributed by atoms with Crippen molar-refractivity contribution >= 4 is 35.5 Å². The summed E-state index contributed by atoms with van der Waals surface area (Å²) in [6.07, 6.45) is 1.20. The third kappa shape index (κ3) is 7.29. The molecule has 0 unspecified atom stereocenters. The Kier molecular flexibility index (Phi) is 7.66. The SMILES string of the molecule is CC(C)NC(=O)C(=O)N/N=C/c1ccc(CNC(=O)C(=O)Nc2ccccc2)o1. The van der Waals surface area contributed by atoms with Gasteiger partial charge in [0.05, 0.1) is 12.8 Å². The Morgan fingerprint density at radius 3 is 2.38 bits per heavy atom. The molecule has 0 aliphatic carbocycles. The number of rotatable bonds is 6. The maximum atomic E-state index is 11.8. The van der Waals surface area contributed by atoms with Crippen LogP contribution in [0.25, 0.3) is 0 Å². The van der Waals surface area contributed by atoms with Crippen molar-refractivity contribution in [3.8, 4) is 0 Å². The van der Waals surface area contributed by atoms with Gasteiger partial charge in [0.15, 0.2) is 0 Å². The van der Waals surface area contributed by atoms with Crippen LogP contribution in [0, 0.1) is 0 Å². The molecule has 1 aromatic carbocycles. The topological polar surface area (TPSA) is 142 Å². The smallest absolute Gasteiger partial charge is 0.329 e. The number of para-hydroxylation sites is 1. The van der Waals surface area contributed by atoms with Crippen LogP contribution in [0.5, 0.6) is 0 Å². The molecule has 0 atom stereocenters. The third-order valence-corrected chi connectivity index (χ3v) is 3.33. The molecule has 0 aliphatic rings. The number of furan rings is 1. The molecule has 10 heteroatoms. The summed E-state index contributed by atoms with van der Waals surface area (Å²) < 4.78 is 5.39. The van der Waals surface area contributed by atoms with E-state index in [1.165, 1.54) is 6.21 Å². The largest absolute Gasteiger partial charge is 0.458 e. The first-order valence-corrected chi connectivity index (χ1v) is 8.72. The first kappa shape index (κ1) is 21.4. The van der Waals surface area contributed by atoms with Crippen LogP contribution in [0.1, 0.15) is 25.4 Å². The van der Waals surface area contributed by atoms with Gasteiger partial charge in [-0.25, -0.2) is 5.43 Å². The fourth-order valence-corrected chi connectivity index (χ4v) is 2.05. The van der Waals surface area contributed by atoms with E-state index in [1.807, 2.05) is 0 Å².